The smallest absolute Gasteiger partial charge is 0.269 e. The summed E-state index contributed by atoms with van der Waals surface area (Å²) in [6.45, 7) is 0. The number of furan rings is 1. The Morgan fingerprint density at radius 2 is 1.94 bits per heavy atom. The number of nitro groups is 1. The maximum Gasteiger partial charge on any atom is 0.269 e. The van der Waals surface area contributed by atoms with E-state index in [1.165, 1.54) is 12.1 Å². The van der Waals surface area contributed by atoms with Crippen LogP contribution in [0.2, 0.25) is 5.22 Å². The molecule has 1 unspecified atom stereocenters. The van der Waals surface area contributed by atoms with E-state index in [2.05, 4.69) is 0 Å². The van der Waals surface area contributed by atoms with Crippen LogP contribution in [0.1, 0.15) is 17.4 Å². The number of nitro benzene ring substituents is 1. The number of hydrogen-bond acceptors (Lipinski definition) is 4. The molecular formula is C12H11ClN2O3. The van der Waals surface area contributed by atoms with Crippen LogP contribution in [0.3, 0.4) is 0 Å². The first-order valence-corrected chi connectivity index (χ1v) is 5.68. The Kier molecular flexibility index (Phi) is 3.64. The zero-order valence-electron chi connectivity index (χ0n) is 9.38. The van der Waals surface area contributed by atoms with Crippen LogP contribution in [0.15, 0.2) is 40.8 Å². The quantitative estimate of drug-likeness (QED) is 0.681. The zero-order chi connectivity index (χ0) is 13.1. The molecule has 0 aliphatic rings. The molecule has 0 aliphatic heterocycles. The fourth-order valence-electron chi connectivity index (χ4n) is 1.64. The van der Waals surface area contributed by atoms with Crippen molar-refractivity contribution in [3.8, 4) is 0 Å². The molecule has 1 atom stereocenters. The highest BCUT2D eigenvalue weighted by Crippen LogP contribution is 2.22. The molecular weight excluding hydrogens is 256 g/mol. The van der Waals surface area contributed by atoms with Crippen LogP contribution in [0.25, 0.3) is 0 Å². The first kappa shape index (κ1) is 12.6. The van der Waals surface area contributed by atoms with E-state index in [4.69, 9.17) is 21.8 Å². The molecule has 18 heavy (non-hydrogen) atoms. The van der Waals surface area contributed by atoms with E-state index < -0.39 is 4.92 Å². The molecule has 0 radical (unpaired) electrons. The summed E-state index contributed by atoms with van der Waals surface area (Å²) < 4.78 is 5.21. The number of nitrogens with two attached hydrogens (primary N) is 1. The topological polar surface area (TPSA) is 82.3 Å². The van der Waals surface area contributed by atoms with Crippen LogP contribution in [0.4, 0.5) is 5.69 Å². The monoisotopic (exact) mass is 266 g/mol. The van der Waals surface area contributed by atoms with Gasteiger partial charge >= 0.3 is 0 Å². The summed E-state index contributed by atoms with van der Waals surface area (Å²) in [5.41, 5.74) is 6.92. The minimum absolute atomic E-state index is 0.0633. The number of benzene rings is 1. The molecule has 5 nitrogen and oxygen atoms in total. The highest BCUT2D eigenvalue weighted by atomic mass is 35.5. The summed E-state index contributed by atoms with van der Waals surface area (Å²) in [5, 5.41) is 10.8. The average molecular weight is 267 g/mol. The van der Waals surface area contributed by atoms with Crippen LogP contribution < -0.4 is 5.73 Å². The number of nitrogens with zero attached hydrogens (tertiary/aromatic N) is 1. The number of halogens is 1. The Balaban J connectivity index is 2.07. The summed E-state index contributed by atoms with van der Waals surface area (Å²) in [5.74, 6) is 0.596. The minimum Gasteiger partial charge on any atom is -0.448 e. The van der Waals surface area contributed by atoms with Gasteiger partial charge in [0.25, 0.3) is 5.69 Å². The molecule has 0 aliphatic carbocycles. The molecule has 1 heterocycles. The van der Waals surface area contributed by atoms with E-state index in [9.17, 15) is 10.1 Å². The van der Waals surface area contributed by atoms with Gasteiger partial charge < -0.3 is 10.2 Å². The van der Waals surface area contributed by atoms with Crippen molar-refractivity contribution in [2.24, 2.45) is 5.73 Å². The van der Waals surface area contributed by atoms with Gasteiger partial charge in [-0.1, -0.05) is 12.1 Å². The number of hydrogen-bond donors (Lipinski definition) is 1. The first-order chi connectivity index (χ1) is 8.56. The Hall–Kier alpha value is -1.85. The lowest BCUT2D eigenvalue weighted by Crippen LogP contribution is -2.12. The van der Waals surface area contributed by atoms with E-state index in [-0.39, 0.29) is 11.7 Å². The summed E-state index contributed by atoms with van der Waals surface area (Å²) in [6.07, 6.45) is 0.530. The molecule has 6 heteroatoms. The molecule has 0 amide bonds. The Bertz CT molecular complexity index is 551. The maximum atomic E-state index is 10.5. The second-order valence-electron chi connectivity index (χ2n) is 3.88. The van der Waals surface area contributed by atoms with Gasteiger partial charge in [0.05, 0.1) is 11.0 Å². The van der Waals surface area contributed by atoms with E-state index in [0.717, 1.165) is 5.56 Å². The molecule has 2 aromatic rings. The fraction of sp³-hybridized carbons (Fsp3) is 0.167. The highest BCUT2D eigenvalue weighted by Gasteiger charge is 2.12. The summed E-state index contributed by atoms with van der Waals surface area (Å²) >= 11 is 5.67. The molecule has 1 aromatic heterocycles. The summed E-state index contributed by atoms with van der Waals surface area (Å²) in [7, 11) is 0. The van der Waals surface area contributed by atoms with Gasteiger partial charge in [0, 0.05) is 12.1 Å². The van der Waals surface area contributed by atoms with E-state index in [0.29, 0.717) is 17.4 Å². The van der Waals surface area contributed by atoms with Gasteiger partial charge in [0.2, 0.25) is 0 Å². The van der Waals surface area contributed by atoms with Crippen LogP contribution in [-0.2, 0) is 6.42 Å². The van der Waals surface area contributed by atoms with Crippen molar-refractivity contribution in [3.05, 3.63) is 63.1 Å². The predicted molar refractivity (Wildman–Crippen MR) is 67.4 cm³/mol. The van der Waals surface area contributed by atoms with Crippen molar-refractivity contribution in [2.45, 2.75) is 12.5 Å². The van der Waals surface area contributed by atoms with Gasteiger partial charge in [-0.25, -0.2) is 0 Å². The van der Waals surface area contributed by atoms with E-state index >= 15 is 0 Å². The molecule has 2 N–H and O–H groups in total. The van der Waals surface area contributed by atoms with Gasteiger partial charge in [0.1, 0.15) is 5.76 Å². The van der Waals surface area contributed by atoms with Gasteiger partial charge in [-0.15, -0.1) is 0 Å². The Morgan fingerprint density at radius 3 is 2.44 bits per heavy atom. The average Bonchev–Trinajstić information content (AvgIpc) is 2.76. The third-order valence-corrected chi connectivity index (χ3v) is 2.77. The van der Waals surface area contributed by atoms with Crippen molar-refractivity contribution < 1.29 is 9.34 Å². The summed E-state index contributed by atoms with van der Waals surface area (Å²) in [6, 6.07) is 9.31. The van der Waals surface area contributed by atoms with Crippen LogP contribution >= 0.6 is 11.6 Å². The van der Waals surface area contributed by atoms with Crippen molar-refractivity contribution in [2.75, 3.05) is 0 Å². The van der Waals surface area contributed by atoms with Crippen molar-refractivity contribution in [3.63, 3.8) is 0 Å². The largest absolute Gasteiger partial charge is 0.448 e. The van der Waals surface area contributed by atoms with Crippen LogP contribution in [0, 0.1) is 10.1 Å². The molecule has 0 saturated carbocycles. The van der Waals surface area contributed by atoms with Crippen LogP contribution in [-0.4, -0.2) is 4.92 Å². The van der Waals surface area contributed by atoms with Gasteiger partial charge in [-0.3, -0.25) is 10.1 Å². The standard InChI is InChI=1S/C12H11ClN2O3/c13-12-6-5-11(18-12)10(14)7-8-1-3-9(4-2-8)15(16)17/h1-6,10H,7,14H2. The molecule has 1 aromatic carbocycles. The lowest BCUT2D eigenvalue weighted by Gasteiger charge is -2.08. The van der Waals surface area contributed by atoms with Crippen molar-refractivity contribution in [1.82, 2.24) is 0 Å². The normalized spacial score (nSPS) is 12.3. The van der Waals surface area contributed by atoms with E-state index in [1.54, 1.807) is 24.3 Å². The zero-order valence-corrected chi connectivity index (χ0v) is 10.1. The maximum absolute atomic E-state index is 10.5. The first-order valence-electron chi connectivity index (χ1n) is 5.30. The molecule has 0 spiro atoms. The Morgan fingerprint density at radius 1 is 1.28 bits per heavy atom. The fourth-order valence-corrected chi connectivity index (χ4v) is 1.79. The molecule has 0 bridgehead atoms. The van der Waals surface area contributed by atoms with Crippen molar-refractivity contribution >= 4 is 17.3 Å². The third-order valence-electron chi connectivity index (χ3n) is 2.56. The lowest BCUT2D eigenvalue weighted by atomic mass is 10.0. The lowest BCUT2D eigenvalue weighted by molar-refractivity contribution is -0.384. The second kappa shape index (κ2) is 5.20. The highest BCUT2D eigenvalue weighted by molar-refractivity contribution is 6.28. The second-order valence-corrected chi connectivity index (χ2v) is 4.25. The SMILES string of the molecule is NC(Cc1ccc([N+](=O)[O-])cc1)c1ccc(Cl)o1. The minimum atomic E-state index is -0.435. The Labute approximate surface area is 108 Å². The van der Waals surface area contributed by atoms with Crippen LogP contribution in [0.5, 0.6) is 0 Å². The third kappa shape index (κ3) is 2.88. The number of non-ortho nitro benzene ring substituents is 1. The molecule has 2 rings (SSSR count). The summed E-state index contributed by atoms with van der Waals surface area (Å²) in [4.78, 5) is 10.1. The van der Waals surface area contributed by atoms with Gasteiger partial charge in [0.15, 0.2) is 5.22 Å². The van der Waals surface area contributed by atoms with Crippen molar-refractivity contribution in [1.29, 1.82) is 0 Å². The molecule has 0 fully saturated rings. The van der Waals surface area contributed by atoms with Gasteiger partial charge in [-0.2, -0.15) is 0 Å². The van der Waals surface area contributed by atoms with E-state index in [1.807, 2.05) is 0 Å². The predicted octanol–water partition coefficient (Wildman–Crippen LogP) is 3.08. The molecule has 0 saturated heterocycles. The number of rotatable bonds is 4. The van der Waals surface area contributed by atoms with Gasteiger partial charge in [-0.05, 0) is 35.7 Å². The molecule has 94 valence electrons.